The van der Waals surface area contributed by atoms with Crippen LogP contribution in [-0.4, -0.2) is 37.1 Å². The van der Waals surface area contributed by atoms with E-state index in [2.05, 4.69) is 26.9 Å². The average Bonchev–Trinajstić information content (AvgIpc) is 2.80. The van der Waals surface area contributed by atoms with Gasteiger partial charge in [0.2, 0.25) is 5.91 Å². The van der Waals surface area contributed by atoms with Crippen molar-refractivity contribution in [2.24, 2.45) is 0 Å². The molecule has 0 unspecified atom stereocenters. The van der Waals surface area contributed by atoms with Crippen molar-refractivity contribution in [3.05, 3.63) is 63.1 Å². The lowest BCUT2D eigenvalue weighted by Gasteiger charge is -2.42. The molecular formula is C23H22BrN3O3S. The zero-order valence-electron chi connectivity index (χ0n) is 17.3. The van der Waals surface area contributed by atoms with Crippen molar-refractivity contribution in [2.45, 2.75) is 19.3 Å². The third-order valence-corrected chi connectivity index (χ3v) is 7.06. The number of halogens is 1. The maximum atomic E-state index is 13.1. The normalized spacial score (nSPS) is 18.5. The highest BCUT2D eigenvalue weighted by molar-refractivity contribution is 9.10. The monoisotopic (exact) mass is 499 g/mol. The summed E-state index contributed by atoms with van der Waals surface area (Å²) in [4.78, 5) is 17.0. The van der Waals surface area contributed by atoms with Gasteiger partial charge >= 0.3 is 0 Å². The lowest BCUT2D eigenvalue weighted by Crippen LogP contribution is -2.47. The molecule has 160 valence electrons. The molecule has 1 atom stereocenters. The van der Waals surface area contributed by atoms with Crippen LogP contribution in [0.25, 0.3) is 0 Å². The van der Waals surface area contributed by atoms with Gasteiger partial charge in [0.25, 0.3) is 0 Å². The number of anilines is 1. The second kappa shape index (κ2) is 9.25. The second-order valence-electron chi connectivity index (χ2n) is 7.18. The van der Waals surface area contributed by atoms with Gasteiger partial charge in [0.1, 0.15) is 0 Å². The van der Waals surface area contributed by atoms with Gasteiger partial charge in [-0.1, -0.05) is 33.8 Å². The molecule has 0 aromatic heterocycles. The summed E-state index contributed by atoms with van der Waals surface area (Å²) in [6.45, 7) is 2.89. The van der Waals surface area contributed by atoms with Crippen molar-refractivity contribution in [3.63, 3.8) is 0 Å². The molecule has 4 rings (SSSR count). The fourth-order valence-electron chi connectivity index (χ4n) is 3.84. The molecule has 2 aliphatic rings. The molecule has 6 nitrogen and oxygen atoms in total. The van der Waals surface area contributed by atoms with Gasteiger partial charge in [-0.25, -0.2) is 0 Å². The maximum absolute atomic E-state index is 13.1. The number of hydrogen-bond acceptors (Lipinski definition) is 6. The molecule has 0 bridgehead atoms. The Labute approximate surface area is 194 Å². The predicted molar refractivity (Wildman–Crippen MR) is 125 cm³/mol. The number of carbonyl (C=O) groups excluding carboxylic acids is 1. The molecule has 0 N–H and O–H groups in total. The van der Waals surface area contributed by atoms with Gasteiger partial charge in [0.05, 0.1) is 42.9 Å². The van der Waals surface area contributed by atoms with Gasteiger partial charge < -0.3 is 14.4 Å². The smallest absolute Gasteiger partial charge is 0.229 e. The Bertz CT molecular complexity index is 1060. The molecule has 0 saturated carbocycles. The largest absolute Gasteiger partial charge is 0.493 e. The lowest BCUT2D eigenvalue weighted by atomic mass is 9.86. The molecule has 31 heavy (non-hydrogen) atoms. The third kappa shape index (κ3) is 4.25. The molecule has 1 saturated heterocycles. The number of allylic oxidation sites excluding steroid dienone is 1. The average molecular weight is 500 g/mol. The van der Waals surface area contributed by atoms with Crippen LogP contribution in [0.5, 0.6) is 11.5 Å². The van der Waals surface area contributed by atoms with E-state index in [1.54, 1.807) is 12.0 Å². The zero-order chi connectivity index (χ0) is 22.0. The maximum Gasteiger partial charge on any atom is 0.229 e. The van der Waals surface area contributed by atoms with Crippen LogP contribution in [0.4, 0.5) is 5.69 Å². The first-order valence-electron chi connectivity index (χ1n) is 9.94. The number of nitrogens with zero attached hydrogens (tertiary/aromatic N) is 3. The SMILES string of the molecule is CCOc1ccc([C@@H]2CC(=O)N3CN(c4ccc(Br)cc4)CSC3=C2C#N)cc1OC. The number of fused-ring (bicyclic) bond motifs is 1. The summed E-state index contributed by atoms with van der Waals surface area (Å²) in [6, 6.07) is 16.0. The van der Waals surface area contributed by atoms with Gasteiger partial charge in [0, 0.05) is 22.5 Å². The van der Waals surface area contributed by atoms with Gasteiger partial charge in [-0.3, -0.25) is 9.69 Å². The zero-order valence-corrected chi connectivity index (χ0v) is 19.7. The summed E-state index contributed by atoms with van der Waals surface area (Å²) in [6.07, 6.45) is 0.248. The van der Waals surface area contributed by atoms with Crippen LogP contribution in [0.3, 0.4) is 0 Å². The molecule has 2 aromatic carbocycles. The third-order valence-electron chi connectivity index (χ3n) is 5.38. The Morgan fingerprint density at radius 1 is 1.23 bits per heavy atom. The van der Waals surface area contributed by atoms with E-state index in [1.807, 2.05) is 49.4 Å². The standard InChI is InChI=1S/C23H22BrN3O3S/c1-3-30-20-9-4-15(10-21(20)29-2)18-11-22(28)27-13-26(14-31-23(27)19(18)12-25)17-7-5-16(24)6-8-17/h4-10,18H,3,11,13-14H2,1-2H3/t18-/m0/s1. The highest BCUT2D eigenvalue weighted by Gasteiger charge is 2.38. The van der Waals surface area contributed by atoms with Gasteiger partial charge in [-0.2, -0.15) is 5.26 Å². The lowest BCUT2D eigenvalue weighted by molar-refractivity contribution is -0.129. The Balaban J connectivity index is 1.65. The molecule has 1 fully saturated rings. The molecule has 8 heteroatoms. The minimum atomic E-state index is -0.292. The highest BCUT2D eigenvalue weighted by atomic mass is 79.9. The number of benzene rings is 2. The Hall–Kier alpha value is -2.63. The molecular weight excluding hydrogens is 478 g/mol. The van der Waals surface area contributed by atoms with Crippen molar-refractivity contribution in [1.82, 2.24) is 4.90 Å². The number of methoxy groups -OCH3 is 1. The summed E-state index contributed by atoms with van der Waals surface area (Å²) < 4.78 is 12.1. The van der Waals surface area contributed by atoms with Crippen molar-refractivity contribution in [2.75, 3.05) is 31.2 Å². The number of ether oxygens (including phenoxy) is 2. The van der Waals surface area contributed by atoms with Gasteiger partial charge in [-0.05, 0) is 48.9 Å². The van der Waals surface area contributed by atoms with E-state index in [0.29, 0.717) is 36.2 Å². The van der Waals surface area contributed by atoms with Crippen molar-refractivity contribution >= 4 is 39.3 Å². The van der Waals surface area contributed by atoms with Crippen molar-refractivity contribution < 1.29 is 14.3 Å². The molecule has 2 heterocycles. The molecule has 0 radical (unpaired) electrons. The van der Waals surface area contributed by atoms with Gasteiger partial charge in [-0.15, -0.1) is 0 Å². The van der Waals surface area contributed by atoms with Crippen LogP contribution in [0.2, 0.25) is 0 Å². The molecule has 0 aliphatic carbocycles. The Kier molecular flexibility index (Phi) is 6.44. The van der Waals surface area contributed by atoms with Crippen LogP contribution < -0.4 is 14.4 Å². The van der Waals surface area contributed by atoms with E-state index in [1.165, 1.54) is 11.8 Å². The molecule has 2 aliphatic heterocycles. The number of rotatable bonds is 5. The van der Waals surface area contributed by atoms with Crippen molar-refractivity contribution in [1.29, 1.82) is 5.26 Å². The first-order chi connectivity index (χ1) is 15.0. The number of thioether (sulfide) groups is 1. The topological polar surface area (TPSA) is 65.8 Å². The first kappa shape index (κ1) is 21.6. The minimum Gasteiger partial charge on any atom is -0.493 e. The molecule has 0 spiro atoms. The highest BCUT2D eigenvalue weighted by Crippen LogP contribution is 2.44. The summed E-state index contributed by atoms with van der Waals surface area (Å²) in [5.41, 5.74) is 2.55. The van der Waals surface area contributed by atoms with E-state index in [4.69, 9.17) is 9.47 Å². The molecule has 1 amide bonds. The summed E-state index contributed by atoms with van der Waals surface area (Å²) >= 11 is 4.99. The summed E-state index contributed by atoms with van der Waals surface area (Å²) in [5, 5.41) is 10.7. The summed E-state index contributed by atoms with van der Waals surface area (Å²) in [5.74, 6) is 1.65. The van der Waals surface area contributed by atoms with E-state index < -0.39 is 0 Å². The first-order valence-corrected chi connectivity index (χ1v) is 11.7. The predicted octanol–water partition coefficient (Wildman–Crippen LogP) is 5.08. The van der Waals surface area contributed by atoms with Crippen LogP contribution in [0.1, 0.15) is 24.8 Å². The van der Waals surface area contributed by atoms with E-state index >= 15 is 0 Å². The van der Waals surface area contributed by atoms with E-state index in [0.717, 1.165) is 20.8 Å². The summed E-state index contributed by atoms with van der Waals surface area (Å²) in [7, 11) is 1.59. The fraction of sp³-hybridized carbons (Fsp3) is 0.304. The van der Waals surface area contributed by atoms with Gasteiger partial charge in [0.15, 0.2) is 11.5 Å². The van der Waals surface area contributed by atoms with Crippen LogP contribution in [0, 0.1) is 11.3 Å². The minimum absolute atomic E-state index is 0.0150. The molecule has 2 aromatic rings. The van der Waals surface area contributed by atoms with Crippen molar-refractivity contribution in [3.8, 4) is 17.6 Å². The Morgan fingerprint density at radius 3 is 2.68 bits per heavy atom. The van der Waals surface area contributed by atoms with Crippen LogP contribution in [0.15, 0.2) is 57.5 Å². The van der Waals surface area contributed by atoms with Crippen LogP contribution in [-0.2, 0) is 4.79 Å². The number of carbonyl (C=O) groups is 1. The number of amides is 1. The Morgan fingerprint density at radius 2 is 2.00 bits per heavy atom. The van der Waals surface area contributed by atoms with E-state index in [9.17, 15) is 10.1 Å². The number of nitriles is 1. The quantitative estimate of drug-likeness (QED) is 0.571. The number of hydrogen-bond donors (Lipinski definition) is 0. The van der Waals surface area contributed by atoms with Crippen LogP contribution >= 0.6 is 27.7 Å². The van der Waals surface area contributed by atoms with E-state index in [-0.39, 0.29) is 18.2 Å². The fourth-order valence-corrected chi connectivity index (χ4v) is 5.27. The second-order valence-corrected chi connectivity index (χ2v) is 9.03.